The molecular weight excluding hydrogens is 466 g/mol. The molecule has 0 bridgehead atoms. The summed E-state index contributed by atoms with van der Waals surface area (Å²) in [5.74, 6) is -0.104. The molecule has 5 rings (SSSR count). The zero-order chi connectivity index (χ0) is 24.1. The Balaban J connectivity index is 1.72. The van der Waals surface area contributed by atoms with Gasteiger partial charge in [-0.05, 0) is 48.5 Å². The first-order chi connectivity index (χ1) is 17.2. The number of hydrogen-bond donors (Lipinski definition) is 0. The predicted octanol–water partition coefficient (Wildman–Crippen LogP) is 5.27. The van der Waals surface area contributed by atoms with Crippen LogP contribution in [-0.2, 0) is 9.53 Å². The van der Waals surface area contributed by atoms with Crippen molar-refractivity contribution in [1.29, 1.82) is 0 Å². The molecule has 0 aromatic heterocycles. The molecule has 0 N–H and O–H groups in total. The molecule has 0 saturated carbocycles. The molecule has 4 aromatic carbocycles. The molecule has 35 heavy (non-hydrogen) atoms. The maximum atomic E-state index is 12.9. The largest absolute Gasteiger partial charge is 0.469 e. The van der Waals surface area contributed by atoms with E-state index in [2.05, 4.69) is 121 Å². The lowest BCUT2D eigenvalue weighted by Gasteiger charge is -2.42. The molecule has 2 nitrogen and oxygen atoms in total. The molecule has 0 radical (unpaired) electrons. The average molecular weight is 499 g/mol. The zero-order valence-electron chi connectivity index (χ0n) is 20.2. The van der Waals surface area contributed by atoms with E-state index in [9.17, 15) is 4.79 Å². The third kappa shape index (κ3) is 4.47. The second-order valence-corrected chi connectivity index (χ2v) is 17.0. The molecule has 1 aliphatic rings. The molecule has 0 amide bonds. The van der Waals surface area contributed by atoms with Crippen LogP contribution in [0.2, 0.25) is 0 Å². The van der Waals surface area contributed by atoms with Crippen LogP contribution in [0.5, 0.6) is 0 Å². The molecule has 1 unspecified atom stereocenters. The molecule has 1 aliphatic heterocycles. The summed E-state index contributed by atoms with van der Waals surface area (Å²) in [6.45, 7) is 0. The lowest BCUT2D eigenvalue weighted by atomic mass is 10.3. The average Bonchev–Trinajstić information content (AvgIpc) is 2.95. The van der Waals surface area contributed by atoms with Crippen LogP contribution in [0.15, 0.2) is 121 Å². The molecule has 4 heteroatoms. The number of hydrogen-bond acceptors (Lipinski definition) is 2. The summed E-state index contributed by atoms with van der Waals surface area (Å²) < 4.78 is 5.29. The van der Waals surface area contributed by atoms with Gasteiger partial charge in [0.1, 0.15) is 24.1 Å². The summed E-state index contributed by atoms with van der Waals surface area (Å²) in [5.41, 5.74) is 0.224. The minimum atomic E-state index is -1.87. The molecular formula is C31H32O2P2+2. The number of carbonyl (C=O) groups excluding carboxylic acids is 1. The van der Waals surface area contributed by atoms with Gasteiger partial charge in [0.25, 0.3) is 0 Å². The highest BCUT2D eigenvalue weighted by molar-refractivity contribution is 7.96. The van der Waals surface area contributed by atoms with E-state index in [1.54, 1.807) is 0 Å². The van der Waals surface area contributed by atoms with Crippen LogP contribution in [-0.4, -0.2) is 37.2 Å². The second kappa shape index (κ2) is 10.4. The molecule has 4 aromatic rings. The Morgan fingerprint density at radius 2 is 1.06 bits per heavy atom. The number of rotatable bonds is 6. The Labute approximate surface area is 210 Å². The SMILES string of the molecule is COC(=O)CC1C[P+](c2ccccc2)(c2ccccc2)CC[P+]1(c1ccccc1)c1ccccc1. The van der Waals surface area contributed by atoms with E-state index < -0.39 is 14.5 Å². The van der Waals surface area contributed by atoms with Crippen molar-refractivity contribution in [1.82, 2.24) is 0 Å². The number of esters is 1. The minimum absolute atomic E-state index is 0.104. The summed E-state index contributed by atoms with van der Waals surface area (Å²) in [6, 6.07) is 44.1. The minimum Gasteiger partial charge on any atom is -0.469 e. The van der Waals surface area contributed by atoms with Gasteiger partial charge in [0.15, 0.2) is 0 Å². The van der Waals surface area contributed by atoms with Crippen LogP contribution >= 0.6 is 14.5 Å². The lowest BCUT2D eigenvalue weighted by Crippen LogP contribution is -2.46. The molecule has 1 saturated heterocycles. The summed E-state index contributed by atoms with van der Waals surface area (Å²) in [6.07, 6.45) is 3.72. The highest BCUT2D eigenvalue weighted by atomic mass is 31.2. The maximum absolute atomic E-state index is 12.9. The molecule has 1 atom stereocenters. The van der Waals surface area contributed by atoms with Gasteiger partial charge in [0.2, 0.25) is 0 Å². The van der Waals surface area contributed by atoms with Gasteiger partial charge in [0, 0.05) is 0 Å². The Bertz CT molecular complexity index is 1170. The normalized spacial score (nSPS) is 18.5. The summed E-state index contributed by atoms with van der Waals surface area (Å²) in [7, 11) is -2.06. The smallest absolute Gasteiger partial charge is 0.309 e. The van der Waals surface area contributed by atoms with Crippen molar-refractivity contribution in [2.24, 2.45) is 0 Å². The first-order valence-electron chi connectivity index (χ1n) is 12.2. The van der Waals surface area contributed by atoms with Crippen LogP contribution in [0, 0.1) is 0 Å². The third-order valence-corrected chi connectivity index (χ3v) is 17.8. The van der Waals surface area contributed by atoms with Gasteiger partial charge < -0.3 is 4.74 Å². The van der Waals surface area contributed by atoms with Crippen LogP contribution in [0.25, 0.3) is 0 Å². The zero-order valence-corrected chi connectivity index (χ0v) is 22.0. The van der Waals surface area contributed by atoms with Crippen molar-refractivity contribution in [3.05, 3.63) is 121 Å². The van der Waals surface area contributed by atoms with Gasteiger partial charge in [-0.3, -0.25) is 4.79 Å². The van der Waals surface area contributed by atoms with Gasteiger partial charge in [-0.2, -0.15) is 0 Å². The van der Waals surface area contributed by atoms with E-state index in [0.717, 1.165) is 18.5 Å². The summed E-state index contributed by atoms with van der Waals surface area (Å²) in [4.78, 5) is 12.9. The van der Waals surface area contributed by atoms with Crippen LogP contribution < -0.4 is 21.2 Å². The van der Waals surface area contributed by atoms with Crippen molar-refractivity contribution < 1.29 is 9.53 Å². The van der Waals surface area contributed by atoms with Crippen molar-refractivity contribution >= 4 is 41.7 Å². The van der Waals surface area contributed by atoms with E-state index in [1.807, 2.05) is 0 Å². The molecule has 1 fully saturated rings. The molecule has 176 valence electrons. The number of carbonyl (C=O) groups is 1. The Morgan fingerprint density at radius 1 is 0.657 bits per heavy atom. The fraction of sp³-hybridized carbons (Fsp3) is 0.194. The van der Waals surface area contributed by atoms with Gasteiger partial charge >= 0.3 is 5.97 Å². The standard InChI is InChI=1S/C31H32O2P2/c1-33-31(32)24-30-25-34(26-14-6-2-7-15-26,27-16-8-3-9-17-27)22-23-35(30,28-18-10-4-11-19-28)29-20-12-5-13-21-29/h2-21,30H,22-25H2,1H3/q+2. The number of methoxy groups -OCH3 is 1. The Morgan fingerprint density at radius 3 is 1.46 bits per heavy atom. The Hall–Kier alpha value is -2.79. The fourth-order valence-electron chi connectivity index (χ4n) is 5.86. The first kappa shape index (κ1) is 23.9. The van der Waals surface area contributed by atoms with Crippen LogP contribution in [0.3, 0.4) is 0 Å². The molecule has 0 spiro atoms. The van der Waals surface area contributed by atoms with Crippen molar-refractivity contribution in [3.63, 3.8) is 0 Å². The highest BCUT2D eigenvalue weighted by Crippen LogP contribution is 2.74. The summed E-state index contributed by atoms with van der Waals surface area (Å²) >= 11 is 0. The quantitative estimate of drug-likeness (QED) is 0.268. The topological polar surface area (TPSA) is 26.3 Å². The fourth-order valence-corrected chi connectivity index (χ4v) is 18.1. The van der Waals surface area contributed by atoms with Gasteiger partial charge in [-0.15, -0.1) is 0 Å². The van der Waals surface area contributed by atoms with Crippen LogP contribution in [0.4, 0.5) is 0 Å². The van der Waals surface area contributed by atoms with Crippen molar-refractivity contribution in [2.75, 3.05) is 25.6 Å². The summed E-state index contributed by atoms with van der Waals surface area (Å²) in [5, 5.41) is 5.69. The van der Waals surface area contributed by atoms with Crippen molar-refractivity contribution in [3.8, 4) is 0 Å². The van der Waals surface area contributed by atoms with Gasteiger partial charge in [0.05, 0.1) is 49.3 Å². The number of ether oxygens (including phenoxy) is 1. The molecule has 1 heterocycles. The van der Waals surface area contributed by atoms with Gasteiger partial charge in [-0.1, -0.05) is 72.8 Å². The molecule has 0 aliphatic carbocycles. The van der Waals surface area contributed by atoms with E-state index in [1.165, 1.54) is 28.3 Å². The number of benzene rings is 4. The third-order valence-electron chi connectivity index (χ3n) is 7.54. The van der Waals surface area contributed by atoms with Crippen molar-refractivity contribution in [2.45, 2.75) is 12.1 Å². The van der Waals surface area contributed by atoms with E-state index in [-0.39, 0.29) is 11.6 Å². The predicted molar refractivity (Wildman–Crippen MR) is 153 cm³/mol. The second-order valence-electron chi connectivity index (χ2n) is 9.24. The van der Waals surface area contributed by atoms with E-state index in [0.29, 0.717) is 6.42 Å². The van der Waals surface area contributed by atoms with E-state index in [4.69, 9.17) is 4.74 Å². The highest BCUT2D eigenvalue weighted by Gasteiger charge is 2.62. The van der Waals surface area contributed by atoms with E-state index >= 15 is 0 Å². The van der Waals surface area contributed by atoms with Gasteiger partial charge in [-0.25, -0.2) is 0 Å². The lowest BCUT2D eigenvalue weighted by molar-refractivity contribution is -0.140. The van der Waals surface area contributed by atoms with Crippen LogP contribution in [0.1, 0.15) is 6.42 Å². The Kier molecular flexibility index (Phi) is 7.14. The monoisotopic (exact) mass is 498 g/mol. The maximum Gasteiger partial charge on any atom is 0.309 e. The first-order valence-corrected chi connectivity index (χ1v) is 16.4.